The number of nitrogens with zero attached hydrogens (tertiary/aromatic N) is 3. The molecule has 3 aromatic rings. The fourth-order valence-corrected chi connectivity index (χ4v) is 9.03. The first-order valence-electron chi connectivity index (χ1n) is 22.1. The summed E-state index contributed by atoms with van der Waals surface area (Å²) in [5, 5.41) is 29.7. The number of carbonyl (C=O) groups is 5. The predicted molar refractivity (Wildman–Crippen MR) is 247 cm³/mol. The molecule has 5 rings (SSSR count). The third-order valence-corrected chi connectivity index (χ3v) is 12.9. The average Bonchev–Trinajstić information content (AvgIpc) is 3.90. The van der Waals surface area contributed by atoms with E-state index in [1.54, 1.807) is 16.5 Å². The molecule has 2 aromatic carbocycles. The van der Waals surface area contributed by atoms with Crippen LogP contribution in [-0.2, 0) is 30.4 Å². The third-order valence-electron chi connectivity index (χ3n) is 12.1. The number of carbonyl (C=O) groups excluding carboxylic acids is 5. The molecule has 0 aliphatic carbocycles. The number of aliphatic hydroxyl groups excluding tert-OH is 1. The van der Waals surface area contributed by atoms with Gasteiger partial charge in [0.1, 0.15) is 41.0 Å². The zero-order chi connectivity index (χ0) is 46.2. The fraction of sp³-hybridized carbons (Fsp3) is 0.562. The Kier molecular flexibility index (Phi) is 16.4. The number of thiazole rings is 1. The lowest BCUT2D eigenvalue weighted by atomic mass is 9.82. The minimum Gasteiger partial charge on any atom is -0.376 e. The maximum absolute atomic E-state index is 15.0. The summed E-state index contributed by atoms with van der Waals surface area (Å²) in [5.41, 5.74) is 0.234. The van der Waals surface area contributed by atoms with Crippen molar-refractivity contribution in [2.45, 2.75) is 137 Å². The summed E-state index contributed by atoms with van der Waals surface area (Å²) < 4.78 is 0. The molecule has 2 aliphatic rings. The van der Waals surface area contributed by atoms with Crippen molar-refractivity contribution in [3.63, 3.8) is 0 Å². The monoisotopic (exact) mass is 884 g/mol. The Morgan fingerprint density at radius 3 is 2.14 bits per heavy atom. The number of aromatic nitrogens is 1. The van der Waals surface area contributed by atoms with Crippen molar-refractivity contribution in [1.82, 2.24) is 36.5 Å². The molecule has 342 valence electrons. The second-order valence-corrected chi connectivity index (χ2v) is 20.6. The summed E-state index contributed by atoms with van der Waals surface area (Å²) in [6.07, 6.45) is 1.39. The highest BCUT2D eigenvalue weighted by Gasteiger charge is 2.44. The molecule has 3 heterocycles. The summed E-state index contributed by atoms with van der Waals surface area (Å²) in [5.74, 6) is -2.32. The highest BCUT2D eigenvalue weighted by molar-refractivity contribution is 7.09. The van der Waals surface area contributed by atoms with Crippen molar-refractivity contribution in [1.29, 1.82) is 0 Å². The van der Waals surface area contributed by atoms with Crippen LogP contribution >= 0.6 is 11.3 Å². The summed E-state index contributed by atoms with van der Waals surface area (Å²) in [6.45, 7) is 19.4. The molecule has 1 fully saturated rings. The third kappa shape index (κ3) is 12.8. The van der Waals surface area contributed by atoms with Gasteiger partial charge in [-0.1, -0.05) is 130 Å². The van der Waals surface area contributed by atoms with Crippen LogP contribution in [0.25, 0.3) is 0 Å². The quantitative estimate of drug-likeness (QED) is 0.138. The van der Waals surface area contributed by atoms with Crippen LogP contribution < -0.4 is 26.6 Å². The number of nitrogens with one attached hydrogen (secondary N) is 5. The molecule has 1 aromatic heterocycles. The molecule has 9 atom stereocenters. The maximum Gasteiger partial charge on any atom is 0.243 e. The van der Waals surface area contributed by atoms with E-state index < -0.39 is 76.9 Å². The van der Waals surface area contributed by atoms with E-state index >= 15 is 0 Å². The molecule has 0 radical (unpaired) electrons. The van der Waals surface area contributed by atoms with E-state index in [2.05, 4.69) is 31.6 Å². The number of amides is 4. The smallest absolute Gasteiger partial charge is 0.243 e. The van der Waals surface area contributed by atoms with Gasteiger partial charge >= 0.3 is 0 Å². The zero-order valence-electron chi connectivity index (χ0n) is 38.5. The Morgan fingerprint density at radius 2 is 1.56 bits per heavy atom. The van der Waals surface area contributed by atoms with Crippen LogP contribution in [0.15, 0.2) is 77.2 Å². The van der Waals surface area contributed by atoms with Gasteiger partial charge in [0.2, 0.25) is 23.6 Å². The van der Waals surface area contributed by atoms with E-state index in [9.17, 15) is 29.1 Å². The molecule has 0 bridgehead atoms. The van der Waals surface area contributed by atoms with Crippen molar-refractivity contribution in [2.24, 2.45) is 27.7 Å². The topological polar surface area (TPSA) is 194 Å². The van der Waals surface area contributed by atoms with Gasteiger partial charge in [0.05, 0.1) is 24.7 Å². The van der Waals surface area contributed by atoms with Gasteiger partial charge in [0.15, 0.2) is 0 Å². The molecule has 6 N–H and O–H groups in total. The first-order valence-corrected chi connectivity index (χ1v) is 23.0. The van der Waals surface area contributed by atoms with Gasteiger partial charge in [-0.2, -0.15) is 0 Å². The summed E-state index contributed by atoms with van der Waals surface area (Å²) in [7, 11) is 0. The number of rotatable bonds is 13. The molecule has 1 saturated heterocycles. The van der Waals surface area contributed by atoms with Crippen LogP contribution in [0, 0.1) is 22.7 Å². The van der Waals surface area contributed by atoms with Gasteiger partial charge in [-0.25, -0.2) is 4.98 Å². The number of aliphatic imine (C=N–C) groups is 1. The lowest BCUT2D eigenvalue weighted by molar-refractivity contribution is -0.136. The predicted octanol–water partition coefficient (Wildman–Crippen LogP) is 4.91. The number of aliphatic hydroxyl groups is 1. The Bertz CT molecular complexity index is 2050. The number of Topliss-reactive ketones (excluding diaryl/α,β-unsaturated/α-hetero) is 1. The molecule has 2 aliphatic heterocycles. The summed E-state index contributed by atoms with van der Waals surface area (Å²) in [4.78, 5) is 82.2. The lowest BCUT2D eigenvalue weighted by Gasteiger charge is -2.40. The van der Waals surface area contributed by atoms with Gasteiger partial charge in [-0.3, -0.25) is 33.9 Å². The van der Waals surface area contributed by atoms with E-state index in [-0.39, 0.29) is 48.7 Å². The first kappa shape index (κ1) is 49.0. The normalized spacial score (nSPS) is 23.4. The van der Waals surface area contributed by atoms with E-state index in [0.29, 0.717) is 18.0 Å². The van der Waals surface area contributed by atoms with Crippen LogP contribution in [0.2, 0.25) is 0 Å². The van der Waals surface area contributed by atoms with Crippen molar-refractivity contribution in [3.8, 4) is 0 Å². The molecule has 4 unspecified atom stereocenters. The van der Waals surface area contributed by atoms with E-state index in [0.717, 1.165) is 11.1 Å². The van der Waals surface area contributed by atoms with Crippen LogP contribution in [0.4, 0.5) is 0 Å². The first-order chi connectivity index (χ1) is 29.6. The zero-order valence-corrected chi connectivity index (χ0v) is 39.3. The van der Waals surface area contributed by atoms with Gasteiger partial charge in [0, 0.05) is 36.9 Å². The SMILES string of the molecule is CC(C)[C@@H]1NC(=O)[C@@H]2[C@H](C)CCN2C(O)CN=C(NC(C(=O)NC(C(=O)N[C@H](CC(=O)Cc2ccccc2)c2nccs2)[C@@H](C)c2ccccc2)C(C)(C)C)C(C(C)(C)C)NC1=O. The number of hydrogen-bond donors (Lipinski definition) is 6. The number of hydrogen-bond acceptors (Lipinski definition) is 11. The van der Waals surface area contributed by atoms with Crippen LogP contribution in [-0.4, -0.2) is 99.8 Å². The molecule has 15 heteroatoms. The summed E-state index contributed by atoms with van der Waals surface area (Å²) in [6, 6.07) is 13.7. The van der Waals surface area contributed by atoms with Crippen molar-refractivity contribution >= 4 is 46.6 Å². The molecule has 0 saturated carbocycles. The Hall–Kier alpha value is -4.99. The van der Waals surface area contributed by atoms with Gasteiger partial charge in [-0.05, 0) is 40.2 Å². The minimum atomic E-state index is -1.12. The number of fused-ring (bicyclic) bond motifs is 1. The number of amidine groups is 1. The minimum absolute atomic E-state index is 0.00469. The number of ketones is 1. The standard InChI is InChI=1S/C48H68N8O6S/c1-28(2)36-42(59)55-39(47(5,6)7)41(50-27-35(58)56-23-21-29(3)38(56)44(61)52-36)54-40(48(8,9)10)45(62)53-37(30(4)32-19-15-12-16-20-32)43(60)51-34(46-49-22-24-63-46)26-33(57)25-31-17-13-11-14-18-31/h11-20,22,24,28-30,34-40,58H,21,23,25-27H2,1-10H3,(H,50,54)(H,51,60)(H,52,61)(H,53,62)(H,55,59)/t29-,30+,34-,35?,36+,37?,38+,39?,40?/m1/s1. The van der Waals surface area contributed by atoms with Crippen molar-refractivity contribution in [2.75, 3.05) is 13.1 Å². The number of benzene rings is 2. The van der Waals surface area contributed by atoms with Crippen molar-refractivity contribution < 1.29 is 29.1 Å². The Labute approximate surface area is 376 Å². The van der Waals surface area contributed by atoms with E-state index in [1.165, 1.54) is 11.3 Å². The molecular formula is C48H68N8O6S. The van der Waals surface area contributed by atoms with Crippen LogP contribution in [0.3, 0.4) is 0 Å². The summed E-state index contributed by atoms with van der Waals surface area (Å²) >= 11 is 1.34. The molecule has 63 heavy (non-hydrogen) atoms. The Balaban J connectivity index is 1.50. The molecule has 0 spiro atoms. The fourth-order valence-electron chi connectivity index (χ4n) is 8.34. The average molecular weight is 885 g/mol. The van der Waals surface area contributed by atoms with Crippen molar-refractivity contribution in [3.05, 3.63) is 88.4 Å². The molecule has 14 nitrogen and oxygen atoms in total. The van der Waals surface area contributed by atoms with E-state index in [4.69, 9.17) is 4.99 Å². The Morgan fingerprint density at radius 1 is 0.905 bits per heavy atom. The second kappa shape index (κ2) is 21.1. The second-order valence-electron chi connectivity index (χ2n) is 19.7. The largest absolute Gasteiger partial charge is 0.376 e. The van der Waals surface area contributed by atoms with Gasteiger partial charge in [-0.15, -0.1) is 11.3 Å². The molecule has 4 amide bonds. The van der Waals surface area contributed by atoms with Crippen LogP contribution in [0.5, 0.6) is 0 Å². The lowest BCUT2D eigenvalue weighted by Crippen LogP contribution is -2.65. The highest BCUT2D eigenvalue weighted by atomic mass is 32.1. The van der Waals surface area contributed by atoms with Gasteiger partial charge in [0.25, 0.3) is 0 Å². The maximum atomic E-state index is 15.0. The van der Waals surface area contributed by atoms with E-state index in [1.807, 2.05) is 130 Å². The molecular weight excluding hydrogens is 817 g/mol. The van der Waals surface area contributed by atoms with Gasteiger partial charge < -0.3 is 31.7 Å². The van der Waals surface area contributed by atoms with Crippen LogP contribution in [0.1, 0.15) is 110 Å². The highest BCUT2D eigenvalue weighted by Crippen LogP contribution is 2.30.